The molecule has 0 aliphatic heterocycles. The van der Waals surface area contributed by atoms with Gasteiger partial charge in [-0.3, -0.25) is 0 Å². The van der Waals surface area contributed by atoms with Gasteiger partial charge in [0.05, 0.1) is 17.4 Å². The van der Waals surface area contributed by atoms with Gasteiger partial charge in [0, 0.05) is 10.0 Å². The molecule has 0 aliphatic rings. The number of aromatic nitrogens is 2. The van der Waals surface area contributed by atoms with Crippen LogP contribution >= 0.6 is 15.9 Å². The molecule has 1 aromatic carbocycles. The summed E-state index contributed by atoms with van der Waals surface area (Å²) in [6, 6.07) is 8.05. The molecule has 1 atom stereocenters. The molecule has 1 aromatic heterocycles. The lowest BCUT2D eigenvalue weighted by molar-refractivity contribution is 0.450. The van der Waals surface area contributed by atoms with E-state index in [1.165, 1.54) is 0 Å². The van der Waals surface area contributed by atoms with Crippen molar-refractivity contribution in [3.63, 3.8) is 0 Å². The Bertz CT molecular complexity index is 517. The van der Waals surface area contributed by atoms with E-state index >= 15 is 0 Å². The molecule has 2 rings (SSSR count). The van der Waals surface area contributed by atoms with Gasteiger partial charge in [0.2, 0.25) is 0 Å². The number of nitrogens with zero attached hydrogens (tertiary/aromatic N) is 1. The van der Waals surface area contributed by atoms with Crippen molar-refractivity contribution in [3.8, 4) is 11.3 Å². The maximum absolute atomic E-state index is 6.16. The van der Waals surface area contributed by atoms with Crippen molar-refractivity contribution in [1.29, 1.82) is 0 Å². The Morgan fingerprint density at radius 3 is 2.76 bits per heavy atom. The van der Waals surface area contributed by atoms with Crippen LogP contribution in [0.1, 0.15) is 26.1 Å². The van der Waals surface area contributed by atoms with Gasteiger partial charge in [0.1, 0.15) is 5.82 Å². The second-order valence-corrected chi connectivity index (χ2v) is 5.25. The quantitative estimate of drug-likeness (QED) is 0.911. The van der Waals surface area contributed by atoms with Crippen LogP contribution < -0.4 is 5.73 Å². The predicted octanol–water partition coefficient (Wildman–Crippen LogP) is 3.42. The van der Waals surface area contributed by atoms with Crippen LogP contribution in [0, 0.1) is 0 Å². The molecule has 3 N–H and O–H groups in total. The molecule has 2 aromatic rings. The summed E-state index contributed by atoms with van der Waals surface area (Å²) in [4.78, 5) is 7.67. The number of imidazole rings is 1. The monoisotopic (exact) mass is 293 g/mol. The zero-order chi connectivity index (χ0) is 12.5. The second kappa shape index (κ2) is 4.63. The summed E-state index contributed by atoms with van der Waals surface area (Å²) in [5.74, 6) is 0.825. The van der Waals surface area contributed by atoms with Gasteiger partial charge in [-0.2, -0.15) is 0 Å². The maximum Gasteiger partial charge on any atom is 0.126 e. The molecule has 0 fully saturated rings. The van der Waals surface area contributed by atoms with Crippen LogP contribution in [-0.2, 0) is 5.54 Å². The molecular weight excluding hydrogens is 278 g/mol. The van der Waals surface area contributed by atoms with E-state index in [4.69, 9.17) is 5.73 Å². The van der Waals surface area contributed by atoms with Gasteiger partial charge in [0.25, 0.3) is 0 Å². The van der Waals surface area contributed by atoms with E-state index in [1.807, 2.05) is 37.4 Å². The Morgan fingerprint density at radius 2 is 2.12 bits per heavy atom. The highest BCUT2D eigenvalue weighted by Gasteiger charge is 2.22. The zero-order valence-electron chi connectivity index (χ0n) is 10.00. The fourth-order valence-electron chi connectivity index (χ4n) is 1.60. The summed E-state index contributed by atoms with van der Waals surface area (Å²) >= 11 is 3.53. The normalized spacial score (nSPS) is 14.6. The molecule has 4 heteroatoms. The summed E-state index contributed by atoms with van der Waals surface area (Å²) in [5.41, 5.74) is 7.84. The lowest BCUT2D eigenvalue weighted by atomic mass is 10.00. The van der Waals surface area contributed by atoms with E-state index in [-0.39, 0.29) is 0 Å². The first kappa shape index (κ1) is 12.3. The number of hydrogen-bond donors (Lipinski definition) is 2. The summed E-state index contributed by atoms with van der Waals surface area (Å²) in [7, 11) is 0. The Morgan fingerprint density at radius 1 is 1.41 bits per heavy atom. The van der Waals surface area contributed by atoms with Crippen LogP contribution in [0.4, 0.5) is 0 Å². The lowest BCUT2D eigenvalue weighted by Gasteiger charge is -2.19. The van der Waals surface area contributed by atoms with E-state index in [1.54, 1.807) is 0 Å². The average Bonchev–Trinajstić information content (AvgIpc) is 2.79. The SMILES string of the molecule is CCC(C)(N)c1ncc(-c2ccccc2Br)[nH]1. The van der Waals surface area contributed by atoms with Crippen molar-refractivity contribution in [1.82, 2.24) is 9.97 Å². The van der Waals surface area contributed by atoms with Gasteiger partial charge in [-0.15, -0.1) is 0 Å². The predicted molar refractivity (Wildman–Crippen MR) is 73.6 cm³/mol. The van der Waals surface area contributed by atoms with Crippen molar-refractivity contribution >= 4 is 15.9 Å². The number of nitrogens with two attached hydrogens (primary N) is 1. The molecule has 1 unspecified atom stereocenters. The van der Waals surface area contributed by atoms with Crippen molar-refractivity contribution in [3.05, 3.63) is 40.8 Å². The van der Waals surface area contributed by atoms with Gasteiger partial charge < -0.3 is 10.7 Å². The second-order valence-electron chi connectivity index (χ2n) is 4.40. The van der Waals surface area contributed by atoms with E-state index in [9.17, 15) is 0 Å². The van der Waals surface area contributed by atoms with Gasteiger partial charge in [-0.1, -0.05) is 41.1 Å². The van der Waals surface area contributed by atoms with Crippen molar-refractivity contribution in [2.75, 3.05) is 0 Å². The Labute approximate surface area is 110 Å². The largest absolute Gasteiger partial charge is 0.340 e. The van der Waals surface area contributed by atoms with Crippen LogP contribution in [0.2, 0.25) is 0 Å². The molecule has 0 bridgehead atoms. The third kappa shape index (κ3) is 2.42. The van der Waals surface area contributed by atoms with E-state index < -0.39 is 5.54 Å². The van der Waals surface area contributed by atoms with E-state index in [0.29, 0.717) is 0 Å². The van der Waals surface area contributed by atoms with Crippen molar-refractivity contribution in [2.45, 2.75) is 25.8 Å². The number of halogens is 1. The lowest BCUT2D eigenvalue weighted by Crippen LogP contribution is -2.33. The number of nitrogens with one attached hydrogen (secondary N) is 1. The van der Waals surface area contributed by atoms with Crippen LogP contribution in [0.5, 0.6) is 0 Å². The van der Waals surface area contributed by atoms with Crippen LogP contribution in [0.3, 0.4) is 0 Å². The summed E-state index contributed by atoms with van der Waals surface area (Å²) < 4.78 is 1.05. The summed E-state index contributed by atoms with van der Waals surface area (Å²) in [6.45, 7) is 4.04. The number of H-pyrrole nitrogens is 1. The smallest absolute Gasteiger partial charge is 0.126 e. The number of aromatic amines is 1. The van der Waals surface area contributed by atoms with Crippen LogP contribution in [0.25, 0.3) is 11.3 Å². The standard InChI is InChI=1S/C13H16BrN3/c1-3-13(2,15)12-16-8-11(17-12)9-6-4-5-7-10(9)14/h4-8H,3,15H2,1-2H3,(H,16,17). The Balaban J connectivity index is 2.40. The Kier molecular flexibility index (Phi) is 3.35. The number of rotatable bonds is 3. The molecule has 0 spiro atoms. The van der Waals surface area contributed by atoms with Crippen LogP contribution in [0.15, 0.2) is 34.9 Å². The molecular formula is C13H16BrN3. The highest BCUT2D eigenvalue weighted by Crippen LogP contribution is 2.28. The minimum absolute atomic E-state index is 0.403. The summed E-state index contributed by atoms with van der Waals surface area (Å²) in [6.07, 6.45) is 2.67. The molecule has 0 saturated carbocycles. The molecule has 1 heterocycles. The topological polar surface area (TPSA) is 54.7 Å². The fraction of sp³-hybridized carbons (Fsp3) is 0.308. The molecule has 0 aliphatic carbocycles. The van der Waals surface area contributed by atoms with Crippen molar-refractivity contribution < 1.29 is 0 Å². The molecule has 0 saturated heterocycles. The first-order chi connectivity index (χ1) is 8.04. The van der Waals surface area contributed by atoms with Gasteiger partial charge in [-0.25, -0.2) is 4.98 Å². The van der Waals surface area contributed by atoms with Gasteiger partial charge in [0.15, 0.2) is 0 Å². The van der Waals surface area contributed by atoms with Gasteiger partial charge in [-0.05, 0) is 19.4 Å². The molecule has 90 valence electrons. The minimum atomic E-state index is -0.403. The van der Waals surface area contributed by atoms with Gasteiger partial charge >= 0.3 is 0 Å². The third-order valence-electron chi connectivity index (χ3n) is 3.02. The maximum atomic E-state index is 6.16. The minimum Gasteiger partial charge on any atom is -0.340 e. The fourth-order valence-corrected chi connectivity index (χ4v) is 2.09. The number of hydrogen-bond acceptors (Lipinski definition) is 2. The number of benzene rings is 1. The van der Waals surface area contributed by atoms with E-state index in [0.717, 1.165) is 28.0 Å². The first-order valence-electron chi connectivity index (χ1n) is 5.64. The van der Waals surface area contributed by atoms with Crippen molar-refractivity contribution in [2.24, 2.45) is 5.73 Å². The molecule has 0 amide bonds. The molecule has 0 radical (unpaired) electrons. The highest BCUT2D eigenvalue weighted by atomic mass is 79.9. The highest BCUT2D eigenvalue weighted by molar-refractivity contribution is 9.10. The Hall–Kier alpha value is -1.13. The summed E-state index contributed by atoms with van der Waals surface area (Å²) in [5, 5.41) is 0. The van der Waals surface area contributed by atoms with E-state index in [2.05, 4.69) is 32.8 Å². The average molecular weight is 294 g/mol. The molecule has 17 heavy (non-hydrogen) atoms. The third-order valence-corrected chi connectivity index (χ3v) is 3.71. The molecule has 3 nitrogen and oxygen atoms in total. The van der Waals surface area contributed by atoms with Crippen LogP contribution in [-0.4, -0.2) is 9.97 Å². The first-order valence-corrected chi connectivity index (χ1v) is 6.43. The zero-order valence-corrected chi connectivity index (χ0v) is 11.6.